The average Bonchev–Trinajstić information content (AvgIpc) is 3.44. The van der Waals surface area contributed by atoms with Crippen molar-refractivity contribution in [3.8, 4) is 11.4 Å². The van der Waals surface area contributed by atoms with Gasteiger partial charge in [0.2, 0.25) is 15.9 Å². The monoisotopic (exact) mass is 642 g/mol. The van der Waals surface area contributed by atoms with Crippen LogP contribution >= 0.6 is 11.8 Å². The number of methoxy groups -OCH3 is 1. The standard InChI is InChI=1S/C35H38N4O4S2/c1-4-38(5-2)45(41,42)29-20-21-31-30(24-29)36-35(39(31)32-18-12-13-19-33(32)43-3)44-26-34(40)37(25-28-16-10-7-11-17-28)23-22-27-14-8-6-9-15-27/h6-21,24H,4-5,22-23,25-26H2,1-3H3. The molecule has 5 rings (SSSR count). The van der Waals surface area contributed by atoms with Crippen LogP contribution in [0.25, 0.3) is 16.7 Å². The van der Waals surface area contributed by atoms with Gasteiger partial charge in [-0.05, 0) is 47.9 Å². The molecule has 5 aromatic rings. The molecule has 0 unspecified atom stereocenters. The van der Waals surface area contributed by atoms with E-state index in [0.29, 0.717) is 42.6 Å². The van der Waals surface area contributed by atoms with E-state index in [1.54, 1.807) is 25.3 Å². The van der Waals surface area contributed by atoms with Gasteiger partial charge in [0.25, 0.3) is 0 Å². The third-order valence-corrected chi connectivity index (χ3v) is 10.6. The molecule has 1 heterocycles. The summed E-state index contributed by atoms with van der Waals surface area (Å²) in [6.07, 6.45) is 0.744. The number of imidazole rings is 1. The molecule has 0 fully saturated rings. The predicted octanol–water partition coefficient (Wildman–Crippen LogP) is 6.43. The number of sulfonamides is 1. The second-order valence-electron chi connectivity index (χ2n) is 10.5. The number of benzene rings is 4. The second kappa shape index (κ2) is 14.8. The number of hydrogen-bond acceptors (Lipinski definition) is 6. The maximum absolute atomic E-state index is 13.8. The van der Waals surface area contributed by atoms with Gasteiger partial charge in [0.15, 0.2) is 5.16 Å². The number of thioether (sulfide) groups is 1. The van der Waals surface area contributed by atoms with Crippen molar-refractivity contribution in [3.63, 3.8) is 0 Å². The first kappa shape index (κ1) is 32.3. The van der Waals surface area contributed by atoms with Crippen molar-refractivity contribution < 1.29 is 17.9 Å². The largest absolute Gasteiger partial charge is 0.495 e. The number of carbonyl (C=O) groups is 1. The van der Waals surface area contributed by atoms with Crippen LogP contribution in [0.3, 0.4) is 0 Å². The first-order valence-corrected chi connectivity index (χ1v) is 17.4. The fourth-order valence-electron chi connectivity index (χ4n) is 5.28. The van der Waals surface area contributed by atoms with Crippen molar-refractivity contribution in [3.05, 3.63) is 114 Å². The molecule has 1 amide bonds. The van der Waals surface area contributed by atoms with Crippen molar-refractivity contribution in [2.75, 3.05) is 32.5 Å². The minimum absolute atomic E-state index is 0.0109. The number of nitrogens with zero attached hydrogens (tertiary/aromatic N) is 4. The molecule has 0 bridgehead atoms. The molecule has 234 valence electrons. The van der Waals surface area contributed by atoms with Crippen LogP contribution in [-0.4, -0.2) is 65.6 Å². The van der Waals surface area contributed by atoms with E-state index < -0.39 is 10.0 Å². The summed E-state index contributed by atoms with van der Waals surface area (Å²) in [5, 5.41) is 0.572. The van der Waals surface area contributed by atoms with Gasteiger partial charge in [0.1, 0.15) is 5.75 Å². The first-order valence-electron chi connectivity index (χ1n) is 15.0. The van der Waals surface area contributed by atoms with Crippen LogP contribution in [0.2, 0.25) is 0 Å². The molecule has 0 radical (unpaired) electrons. The summed E-state index contributed by atoms with van der Waals surface area (Å²) >= 11 is 1.33. The van der Waals surface area contributed by atoms with E-state index in [4.69, 9.17) is 9.72 Å². The third-order valence-electron chi connectivity index (χ3n) is 7.67. The maximum Gasteiger partial charge on any atom is 0.243 e. The van der Waals surface area contributed by atoms with Crippen LogP contribution < -0.4 is 4.74 Å². The van der Waals surface area contributed by atoms with E-state index in [-0.39, 0.29) is 16.6 Å². The summed E-state index contributed by atoms with van der Waals surface area (Å²) in [5.41, 5.74) is 4.23. The fourth-order valence-corrected chi connectivity index (χ4v) is 7.68. The van der Waals surface area contributed by atoms with E-state index in [1.165, 1.54) is 21.6 Å². The molecule has 8 nitrogen and oxygen atoms in total. The SMILES string of the molecule is CCN(CC)S(=O)(=O)c1ccc2c(c1)nc(SCC(=O)N(CCc1ccccc1)Cc1ccccc1)n2-c1ccccc1OC. The van der Waals surface area contributed by atoms with Crippen LogP contribution in [-0.2, 0) is 27.8 Å². The van der Waals surface area contributed by atoms with E-state index in [1.807, 2.05) is 96.1 Å². The molecule has 0 saturated carbocycles. The van der Waals surface area contributed by atoms with Crippen molar-refractivity contribution >= 4 is 38.7 Å². The Kier molecular flexibility index (Phi) is 10.6. The van der Waals surface area contributed by atoms with Gasteiger partial charge in [-0.3, -0.25) is 9.36 Å². The van der Waals surface area contributed by atoms with Gasteiger partial charge in [-0.1, -0.05) is 98.4 Å². The summed E-state index contributed by atoms with van der Waals surface area (Å²) in [5.74, 6) is 0.784. The average molecular weight is 643 g/mol. The zero-order chi connectivity index (χ0) is 31.8. The number of fused-ring (bicyclic) bond motifs is 1. The van der Waals surface area contributed by atoms with E-state index in [9.17, 15) is 13.2 Å². The van der Waals surface area contributed by atoms with E-state index in [0.717, 1.165) is 23.2 Å². The van der Waals surface area contributed by atoms with Crippen molar-refractivity contribution in [1.82, 2.24) is 18.8 Å². The van der Waals surface area contributed by atoms with E-state index in [2.05, 4.69) is 12.1 Å². The Morgan fingerprint density at radius 1 is 0.867 bits per heavy atom. The van der Waals surface area contributed by atoms with Crippen LogP contribution in [0.15, 0.2) is 113 Å². The van der Waals surface area contributed by atoms with Crippen LogP contribution in [0.4, 0.5) is 0 Å². The second-order valence-corrected chi connectivity index (χ2v) is 13.3. The molecule has 0 N–H and O–H groups in total. The summed E-state index contributed by atoms with van der Waals surface area (Å²) in [7, 11) is -2.07. The highest BCUT2D eigenvalue weighted by Gasteiger charge is 2.25. The fraction of sp³-hybridized carbons (Fsp3) is 0.257. The smallest absolute Gasteiger partial charge is 0.243 e. The summed E-state index contributed by atoms with van der Waals surface area (Å²) in [6, 6.07) is 32.7. The highest BCUT2D eigenvalue weighted by atomic mass is 32.2. The normalized spacial score (nSPS) is 11.6. The molecule has 4 aromatic carbocycles. The van der Waals surface area contributed by atoms with Crippen LogP contribution in [0, 0.1) is 0 Å². The number of para-hydroxylation sites is 2. The first-order chi connectivity index (χ1) is 21.8. The minimum Gasteiger partial charge on any atom is -0.495 e. The number of amides is 1. The lowest BCUT2D eigenvalue weighted by Crippen LogP contribution is -2.34. The zero-order valence-corrected chi connectivity index (χ0v) is 27.4. The molecule has 0 aliphatic heterocycles. The zero-order valence-electron chi connectivity index (χ0n) is 25.8. The van der Waals surface area contributed by atoms with Crippen LogP contribution in [0.1, 0.15) is 25.0 Å². The lowest BCUT2D eigenvalue weighted by Gasteiger charge is -2.23. The van der Waals surface area contributed by atoms with Gasteiger partial charge in [0.05, 0.1) is 34.5 Å². The van der Waals surface area contributed by atoms with Crippen molar-refractivity contribution in [2.45, 2.75) is 36.9 Å². The summed E-state index contributed by atoms with van der Waals surface area (Å²) in [6.45, 7) is 5.47. The quantitative estimate of drug-likeness (QED) is 0.130. The summed E-state index contributed by atoms with van der Waals surface area (Å²) < 4.78 is 35.7. The number of aromatic nitrogens is 2. The Balaban J connectivity index is 1.48. The molecule has 0 aliphatic carbocycles. The molecule has 0 spiro atoms. The van der Waals surface area contributed by atoms with Gasteiger partial charge in [-0.25, -0.2) is 13.4 Å². The van der Waals surface area contributed by atoms with Gasteiger partial charge in [-0.15, -0.1) is 0 Å². The molecule has 0 saturated heterocycles. The minimum atomic E-state index is -3.68. The Morgan fingerprint density at radius 3 is 2.18 bits per heavy atom. The Hall–Kier alpha value is -4.12. The third kappa shape index (κ3) is 7.41. The van der Waals surface area contributed by atoms with Crippen molar-refractivity contribution in [1.29, 1.82) is 0 Å². The maximum atomic E-state index is 13.8. The van der Waals surface area contributed by atoms with E-state index >= 15 is 0 Å². The molecular weight excluding hydrogens is 605 g/mol. The Bertz CT molecular complexity index is 1840. The molecule has 0 aliphatic rings. The topological polar surface area (TPSA) is 84.7 Å². The van der Waals surface area contributed by atoms with Crippen molar-refractivity contribution in [2.24, 2.45) is 0 Å². The number of hydrogen-bond donors (Lipinski definition) is 0. The molecular formula is C35H38N4O4S2. The lowest BCUT2D eigenvalue weighted by atomic mass is 10.1. The Labute approximate surface area is 269 Å². The predicted molar refractivity (Wildman–Crippen MR) is 180 cm³/mol. The van der Waals surface area contributed by atoms with Gasteiger partial charge >= 0.3 is 0 Å². The van der Waals surface area contributed by atoms with Crippen LogP contribution in [0.5, 0.6) is 5.75 Å². The molecule has 10 heteroatoms. The van der Waals surface area contributed by atoms with Gasteiger partial charge < -0.3 is 9.64 Å². The van der Waals surface area contributed by atoms with Gasteiger partial charge in [0, 0.05) is 26.2 Å². The molecule has 1 aromatic heterocycles. The number of carbonyl (C=O) groups excluding carboxylic acids is 1. The molecule has 0 atom stereocenters. The summed E-state index contributed by atoms with van der Waals surface area (Å²) in [4.78, 5) is 20.8. The lowest BCUT2D eigenvalue weighted by molar-refractivity contribution is -0.128. The Morgan fingerprint density at radius 2 is 1.51 bits per heavy atom. The van der Waals surface area contributed by atoms with Gasteiger partial charge in [-0.2, -0.15) is 4.31 Å². The number of ether oxygens (including phenoxy) is 1. The highest BCUT2D eigenvalue weighted by Crippen LogP contribution is 2.34. The molecule has 45 heavy (non-hydrogen) atoms. The highest BCUT2D eigenvalue weighted by molar-refractivity contribution is 7.99. The number of rotatable bonds is 14.